The Hall–Kier alpha value is -5.64. The van der Waals surface area contributed by atoms with Crippen LogP contribution < -0.4 is 26.8 Å². The Morgan fingerprint density at radius 3 is 2.52 bits per heavy atom. The summed E-state index contributed by atoms with van der Waals surface area (Å²) in [5, 5.41) is 7.12. The maximum Gasteiger partial charge on any atom is 0.407 e. The number of nitrogens with one attached hydrogen (secondary N) is 2. The van der Waals surface area contributed by atoms with Gasteiger partial charge in [-0.25, -0.2) is 19.6 Å². The molecule has 1 amide bonds. The summed E-state index contributed by atoms with van der Waals surface area (Å²) in [5.41, 5.74) is 0.354. The van der Waals surface area contributed by atoms with Crippen LogP contribution in [0.1, 0.15) is 46.4 Å². The van der Waals surface area contributed by atoms with E-state index < -0.39 is 22.9 Å². The number of hydrogen-bond donors (Lipinski definition) is 2. The average molecular weight is 650 g/mol. The van der Waals surface area contributed by atoms with Gasteiger partial charge < -0.3 is 20.3 Å². The van der Waals surface area contributed by atoms with Gasteiger partial charge in [-0.05, 0) is 64.8 Å². The van der Waals surface area contributed by atoms with Crippen LogP contribution in [0.15, 0.2) is 64.2 Å². The Morgan fingerprint density at radius 1 is 1.02 bits per heavy atom. The fourth-order valence-corrected chi connectivity index (χ4v) is 5.89. The van der Waals surface area contributed by atoms with E-state index in [2.05, 4.69) is 22.5 Å². The van der Waals surface area contributed by atoms with Gasteiger partial charge in [0.25, 0.3) is 5.56 Å². The lowest BCUT2D eigenvalue weighted by Gasteiger charge is -2.34. The Balaban J connectivity index is 1.39. The van der Waals surface area contributed by atoms with Crippen molar-refractivity contribution >= 4 is 45.6 Å². The predicted molar refractivity (Wildman–Crippen MR) is 186 cm³/mol. The number of alkyl carbamates (subject to hydrolysis) is 1. The molecule has 1 aliphatic heterocycles. The summed E-state index contributed by atoms with van der Waals surface area (Å²) in [5.74, 6) is 7.34. The summed E-state index contributed by atoms with van der Waals surface area (Å²) in [7, 11) is 1.60. The van der Waals surface area contributed by atoms with Gasteiger partial charge in [0.1, 0.15) is 11.4 Å². The van der Waals surface area contributed by atoms with Crippen LogP contribution in [0.25, 0.3) is 22.1 Å². The van der Waals surface area contributed by atoms with E-state index in [1.165, 1.54) is 4.57 Å². The van der Waals surface area contributed by atoms with E-state index in [9.17, 15) is 14.4 Å². The zero-order valence-corrected chi connectivity index (χ0v) is 27.8. The number of nitrogens with zero attached hydrogens (tertiary/aromatic N) is 7. The van der Waals surface area contributed by atoms with E-state index in [4.69, 9.17) is 19.7 Å². The van der Waals surface area contributed by atoms with Gasteiger partial charge in [-0.3, -0.25) is 18.5 Å². The number of carbonyl (C=O) groups is 1. The van der Waals surface area contributed by atoms with Crippen LogP contribution in [-0.2, 0) is 24.9 Å². The number of amides is 1. The van der Waals surface area contributed by atoms with Crippen LogP contribution in [-0.4, -0.2) is 59.5 Å². The van der Waals surface area contributed by atoms with Crippen LogP contribution in [0, 0.1) is 11.8 Å². The van der Waals surface area contributed by atoms with Crippen LogP contribution in [0.5, 0.6) is 0 Å². The molecule has 1 aliphatic rings. The minimum Gasteiger partial charge on any atom is -0.444 e. The Labute approximate surface area is 277 Å². The molecule has 0 bridgehead atoms. The number of para-hydroxylation sites is 2. The number of aryl methyl sites for hydroxylation is 1. The molecular formula is C35H39N9O4. The first-order valence-corrected chi connectivity index (χ1v) is 15.9. The van der Waals surface area contributed by atoms with Crippen molar-refractivity contribution in [2.75, 3.05) is 23.3 Å². The lowest BCUT2D eigenvalue weighted by Crippen LogP contribution is -2.49. The van der Waals surface area contributed by atoms with E-state index in [0.717, 1.165) is 28.5 Å². The van der Waals surface area contributed by atoms with Crippen molar-refractivity contribution in [3.63, 3.8) is 0 Å². The smallest absolute Gasteiger partial charge is 0.407 e. The molecule has 0 radical (unpaired) electrons. The molecule has 2 N–H and O–H groups in total. The van der Waals surface area contributed by atoms with Crippen LogP contribution >= 0.6 is 0 Å². The Bertz CT molecular complexity index is 2170. The molecule has 13 heteroatoms. The third kappa shape index (κ3) is 6.73. The third-order valence-electron chi connectivity index (χ3n) is 8.04. The zero-order valence-electron chi connectivity index (χ0n) is 27.8. The molecular weight excluding hydrogens is 610 g/mol. The van der Waals surface area contributed by atoms with Crippen molar-refractivity contribution in [2.24, 2.45) is 7.05 Å². The second-order valence-electron chi connectivity index (χ2n) is 12.8. The number of aromatic nitrogens is 6. The number of imidazole rings is 1. The standard InChI is InChI=1S/C35H39N9O4/c1-6-7-20-43-28-30(40-32(43)42-19-13-16-24(21-42)37-33(46)48-35(2,3)4)41(5)34(47)44(31(28)45)22-27-38-26-18-12-11-17-25(26)29(39-27)36-23-14-9-8-10-15-23/h8-12,14-15,17-18,24H,13,16,19-22H2,1-5H3,(H,37,46)(H,36,38,39). The summed E-state index contributed by atoms with van der Waals surface area (Å²) in [6.07, 6.45) is 1.07. The van der Waals surface area contributed by atoms with Crippen molar-refractivity contribution in [3.8, 4) is 11.8 Å². The molecule has 1 unspecified atom stereocenters. The Morgan fingerprint density at radius 2 is 1.77 bits per heavy atom. The van der Waals surface area contributed by atoms with E-state index in [1.54, 1.807) is 18.5 Å². The highest BCUT2D eigenvalue weighted by Crippen LogP contribution is 2.25. The lowest BCUT2D eigenvalue weighted by molar-refractivity contribution is 0.0499. The molecule has 3 aromatic heterocycles. The molecule has 248 valence electrons. The number of carbonyl (C=O) groups excluding carboxylic acids is 1. The monoisotopic (exact) mass is 649 g/mol. The van der Waals surface area contributed by atoms with Gasteiger partial charge in [0, 0.05) is 37.3 Å². The van der Waals surface area contributed by atoms with Crippen molar-refractivity contribution < 1.29 is 9.53 Å². The first-order valence-electron chi connectivity index (χ1n) is 15.9. The number of ether oxygens (including phenoxy) is 1. The first-order chi connectivity index (χ1) is 23.0. The third-order valence-corrected chi connectivity index (χ3v) is 8.04. The summed E-state index contributed by atoms with van der Waals surface area (Å²) in [6, 6.07) is 17.0. The molecule has 0 spiro atoms. The molecule has 1 atom stereocenters. The normalized spacial score (nSPS) is 14.9. The summed E-state index contributed by atoms with van der Waals surface area (Å²) < 4.78 is 9.74. The second kappa shape index (κ2) is 13.2. The highest BCUT2D eigenvalue weighted by molar-refractivity contribution is 5.90. The highest BCUT2D eigenvalue weighted by Gasteiger charge is 2.29. The lowest BCUT2D eigenvalue weighted by atomic mass is 10.1. The number of rotatable bonds is 7. The average Bonchev–Trinajstić information content (AvgIpc) is 3.44. The fourth-order valence-electron chi connectivity index (χ4n) is 5.89. The van der Waals surface area contributed by atoms with Crippen LogP contribution in [0.2, 0.25) is 0 Å². The van der Waals surface area contributed by atoms with Crippen molar-refractivity contribution in [2.45, 2.75) is 65.3 Å². The molecule has 48 heavy (non-hydrogen) atoms. The predicted octanol–water partition coefficient (Wildman–Crippen LogP) is 4.15. The number of piperidine rings is 1. The highest BCUT2D eigenvalue weighted by atomic mass is 16.6. The Kier molecular flexibility index (Phi) is 8.90. The quantitative estimate of drug-likeness (QED) is 0.249. The van der Waals surface area contributed by atoms with Gasteiger partial charge >= 0.3 is 11.8 Å². The molecule has 1 fully saturated rings. The van der Waals surface area contributed by atoms with Gasteiger partial charge in [0.2, 0.25) is 5.95 Å². The molecule has 0 aliphatic carbocycles. The SMILES string of the molecule is CC#CCn1c(N2CCCC(NC(=O)OC(C)(C)C)C2)nc2c1c(=O)n(Cc1nc(Nc3ccccc3)c3ccccc3n1)c(=O)n2C. The van der Waals surface area contributed by atoms with E-state index >= 15 is 0 Å². The van der Waals surface area contributed by atoms with Crippen LogP contribution in [0.4, 0.5) is 22.2 Å². The number of benzene rings is 2. The van der Waals surface area contributed by atoms with Gasteiger partial charge in [-0.2, -0.15) is 4.98 Å². The van der Waals surface area contributed by atoms with Crippen molar-refractivity contribution in [3.05, 3.63) is 81.3 Å². The fraction of sp³-hybridized carbons (Fsp3) is 0.371. The van der Waals surface area contributed by atoms with Crippen LogP contribution in [0.3, 0.4) is 0 Å². The van der Waals surface area contributed by atoms with E-state index in [-0.39, 0.29) is 30.3 Å². The minimum atomic E-state index is -0.617. The van der Waals surface area contributed by atoms with E-state index in [0.29, 0.717) is 36.2 Å². The summed E-state index contributed by atoms with van der Waals surface area (Å²) >= 11 is 0. The minimum absolute atomic E-state index is 0.151. The largest absolute Gasteiger partial charge is 0.444 e. The maximum absolute atomic E-state index is 14.2. The molecule has 5 aromatic rings. The second-order valence-corrected chi connectivity index (χ2v) is 12.8. The topological polar surface area (TPSA) is 141 Å². The van der Waals surface area contributed by atoms with Gasteiger partial charge in [-0.15, -0.1) is 5.92 Å². The molecule has 0 saturated carbocycles. The van der Waals surface area contributed by atoms with Gasteiger partial charge in [-0.1, -0.05) is 36.3 Å². The maximum atomic E-state index is 14.2. The van der Waals surface area contributed by atoms with Gasteiger partial charge in [0.05, 0.1) is 18.6 Å². The van der Waals surface area contributed by atoms with Crippen molar-refractivity contribution in [1.29, 1.82) is 0 Å². The number of fused-ring (bicyclic) bond motifs is 2. The number of hydrogen-bond acceptors (Lipinski definition) is 9. The summed E-state index contributed by atoms with van der Waals surface area (Å²) in [6.45, 7) is 8.33. The van der Waals surface area contributed by atoms with E-state index in [1.807, 2.05) is 80.3 Å². The first kappa shape index (κ1) is 32.3. The molecule has 2 aromatic carbocycles. The summed E-state index contributed by atoms with van der Waals surface area (Å²) in [4.78, 5) is 56.8. The van der Waals surface area contributed by atoms with Gasteiger partial charge in [0.15, 0.2) is 17.0 Å². The molecule has 6 rings (SSSR count). The number of anilines is 3. The molecule has 4 heterocycles. The molecule has 13 nitrogen and oxygen atoms in total. The zero-order chi connectivity index (χ0) is 34.0. The molecule has 1 saturated heterocycles. The van der Waals surface area contributed by atoms with Crippen molar-refractivity contribution in [1.82, 2.24) is 34.0 Å².